The molecule has 0 aliphatic heterocycles. The van der Waals surface area contributed by atoms with Crippen molar-refractivity contribution in [1.29, 1.82) is 5.41 Å². The van der Waals surface area contributed by atoms with Gasteiger partial charge in [0.05, 0.1) is 0 Å². The van der Waals surface area contributed by atoms with Gasteiger partial charge in [0.25, 0.3) is 0 Å². The Hall–Kier alpha value is -0.660. The van der Waals surface area contributed by atoms with Crippen LogP contribution in [0.2, 0.25) is 0 Å². The molecule has 2 heteroatoms. The molecule has 0 spiro atoms. The zero-order valence-corrected chi connectivity index (χ0v) is 4.73. The van der Waals surface area contributed by atoms with Gasteiger partial charge in [-0.2, -0.15) is 0 Å². The Bertz CT molecular complexity index is 84.1. The number of nitrogens with zero attached hydrogens (tertiary/aromatic N) is 1. The van der Waals surface area contributed by atoms with Crippen LogP contribution >= 0.6 is 0 Å². The van der Waals surface area contributed by atoms with Crippen LogP contribution in [0.25, 0.3) is 0 Å². The van der Waals surface area contributed by atoms with Crippen LogP contribution < -0.4 is 0 Å². The van der Waals surface area contributed by atoms with Gasteiger partial charge in [0, 0.05) is 5.71 Å². The standard InChI is InChI=1S/C5H10N2/c1-3-5(2)7-4-6/h4,6H,3H2,1-2H3/b6-4?,7-5-. The summed E-state index contributed by atoms with van der Waals surface area (Å²) in [6.07, 6.45) is 2.01. The molecule has 0 heterocycles. The largest absolute Gasteiger partial charge is 0.290 e. The van der Waals surface area contributed by atoms with E-state index in [4.69, 9.17) is 5.41 Å². The van der Waals surface area contributed by atoms with Gasteiger partial charge in [-0.15, -0.1) is 0 Å². The third-order valence-electron chi connectivity index (χ3n) is 0.797. The van der Waals surface area contributed by atoms with Crippen LogP contribution in [0.1, 0.15) is 20.3 Å². The van der Waals surface area contributed by atoms with Gasteiger partial charge in [0.1, 0.15) is 6.34 Å². The van der Waals surface area contributed by atoms with Crippen molar-refractivity contribution >= 4 is 12.1 Å². The third-order valence-corrected chi connectivity index (χ3v) is 0.797. The van der Waals surface area contributed by atoms with E-state index in [0.29, 0.717) is 0 Å². The maximum atomic E-state index is 6.52. The van der Waals surface area contributed by atoms with Crippen molar-refractivity contribution in [3.63, 3.8) is 0 Å². The number of hydrogen-bond acceptors (Lipinski definition) is 1. The van der Waals surface area contributed by atoms with Crippen molar-refractivity contribution in [2.75, 3.05) is 0 Å². The first-order valence-corrected chi connectivity index (χ1v) is 2.33. The maximum absolute atomic E-state index is 6.52. The third kappa shape index (κ3) is 3.16. The van der Waals surface area contributed by atoms with Crippen LogP contribution in [-0.2, 0) is 0 Å². The molecule has 0 rings (SSSR count). The highest BCUT2D eigenvalue weighted by Crippen LogP contribution is 1.79. The van der Waals surface area contributed by atoms with Crippen LogP contribution in [0, 0.1) is 5.41 Å². The van der Waals surface area contributed by atoms with Gasteiger partial charge in [-0.25, -0.2) is 4.99 Å². The Balaban J connectivity index is 3.49. The zero-order valence-electron chi connectivity index (χ0n) is 4.73. The van der Waals surface area contributed by atoms with E-state index in [1.807, 2.05) is 13.8 Å². The summed E-state index contributed by atoms with van der Waals surface area (Å²) in [5.74, 6) is 0. The first kappa shape index (κ1) is 6.34. The van der Waals surface area contributed by atoms with Crippen molar-refractivity contribution in [3.05, 3.63) is 0 Å². The van der Waals surface area contributed by atoms with Crippen LogP contribution in [0.3, 0.4) is 0 Å². The Morgan fingerprint density at radius 3 is 2.57 bits per heavy atom. The van der Waals surface area contributed by atoms with Crippen molar-refractivity contribution in [3.8, 4) is 0 Å². The lowest BCUT2D eigenvalue weighted by Crippen LogP contribution is -1.85. The van der Waals surface area contributed by atoms with E-state index in [2.05, 4.69) is 4.99 Å². The van der Waals surface area contributed by atoms with E-state index in [1.54, 1.807) is 0 Å². The lowest BCUT2D eigenvalue weighted by atomic mass is 10.3. The molecule has 7 heavy (non-hydrogen) atoms. The molecule has 0 bridgehead atoms. The summed E-state index contributed by atoms with van der Waals surface area (Å²) in [5, 5.41) is 6.52. The lowest BCUT2D eigenvalue weighted by Gasteiger charge is -1.84. The molecule has 0 aromatic carbocycles. The molecule has 0 aromatic heterocycles. The molecule has 0 saturated carbocycles. The Morgan fingerprint density at radius 1 is 1.86 bits per heavy atom. The molecule has 1 N–H and O–H groups in total. The van der Waals surface area contributed by atoms with Crippen LogP contribution in [0.4, 0.5) is 0 Å². The molecule has 0 unspecified atom stereocenters. The van der Waals surface area contributed by atoms with Crippen molar-refractivity contribution < 1.29 is 0 Å². The number of aliphatic imine (C=N–C) groups is 1. The Labute approximate surface area is 43.8 Å². The molecule has 0 aromatic rings. The molecule has 0 atom stereocenters. The van der Waals surface area contributed by atoms with E-state index < -0.39 is 0 Å². The molecule has 0 fully saturated rings. The quantitative estimate of drug-likeness (QED) is 0.401. The molecular formula is C5H10N2. The smallest absolute Gasteiger partial charge is 0.106 e. The minimum atomic E-state index is 0.940. The summed E-state index contributed by atoms with van der Waals surface area (Å²) in [6, 6.07) is 0. The fourth-order valence-electron chi connectivity index (χ4n) is 0.201. The highest BCUT2D eigenvalue weighted by molar-refractivity contribution is 5.87. The average molecular weight is 98.1 g/mol. The number of hydrogen-bond donors (Lipinski definition) is 1. The van der Waals surface area contributed by atoms with Crippen LogP contribution in [0.5, 0.6) is 0 Å². The van der Waals surface area contributed by atoms with E-state index >= 15 is 0 Å². The van der Waals surface area contributed by atoms with E-state index in [1.165, 1.54) is 0 Å². The molecule has 0 radical (unpaired) electrons. The van der Waals surface area contributed by atoms with Gasteiger partial charge in [-0.05, 0) is 13.3 Å². The molecular weight excluding hydrogens is 88.1 g/mol. The second-order valence-electron chi connectivity index (χ2n) is 1.35. The second-order valence-corrected chi connectivity index (χ2v) is 1.35. The minimum absolute atomic E-state index is 0.940. The molecule has 0 saturated heterocycles. The van der Waals surface area contributed by atoms with Crippen molar-refractivity contribution in [1.82, 2.24) is 0 Å². The predicted molar refractivity (Wildman–Crippen MR) is 32.2 cm³/mol. The van der Waals surface area contributed by atoms with Gasteiger partial charge < -0.3 is 0 Å². The average Bonchev–Trinajstić information content (AvgIpc) is 1.68. The highest BCUT2D eigenvalue weighted by atomic mass is 14.8. The summed E-state index contributed by atoms with van der Waals surface area (Å²) in [4.78, 5) is 3.70. The fourth-order valence-corrected chi connectivity index (χ4v) is 0.201. The predicted octanol–water partition coefficient (Wildman–Crippen LogP) is 1.46. The first-order chi connectivity index (χ1) is 3.31. The fraction of sp³-hybridized carbons (Fsp3) is 0.600. The minimum Gasteiger partial charge on any atom is -0.290 e. The van der Waals surface area contributed by atoms with Gasteiger partial charge in [-0.3, -0.25) is 5.41 Å². The Kier molecular flexibility index (Phi) is 3.19. The highest BCUT2D eigenvalue weighted by Gasteiger charge is 1.77. The first-order valence-electron chi connectivity index (χ1n) is 2.33. The van der Waals surface area contributed by atoms with Gasteiger partial charge in [0.15, 0.2) is 0 Å². The molecule has 40 valence electrons. The molecule has 2 nitrogen and oxygen atoms in total. The van der Waals surface area contributed by atoms with Crippen molar-refractivity contribution in [2.24, 2.45) is 4.99 Å². The summed E-state index contributed by atoms with van der Waals surface area (Å²) >= 11 is 0. The van der Waals surface area contributed by atoms with E-state index in [9.17, 15) is 0 Å². The number of rotatable bonds is 2. The molecule has 0 aliphatic rings. The van der Waals surface area contributed by atoms with Gasteiger partial charge in [-0.1, -0.05) is 6.92 Å². The summed E-state index contributed by atoms with van der Waals surface area (Å²) in [5.41, 5.74) is 1.01. The molecule has 0 aliphatic carbocycles. The van der Waals surface area contributed by atoms with Gasteiger partial charge >= 0.3 is 0 Å². The molecule has 0 amide bonds. The lowest BCUT2D eigenvalue weighted by molar-refractivity contribution is 1.26. The summed E-state index contributed by atoms with van der Waals surface area (Å²) < 4.78 is 0. The summed E-state index contributed by atoms with van der Waals surface area (Å²) in [6.45, 7) is 3.92. The maximum Gasteiger partial charge on any atom is 0.106 e. The Morgan fingerprint density at radius 2 is 2.43 bits per heavy atom. The van der Waals surface area contributed by atoms with E-state index in [-0.39, 0.29) is 0 Å². The van der Waals surface area contributed by atoms with Gasteiger partial charge in [0.2, 0.25) is 0 Å². The van der Waals surface area contributed by atoms with E-state index in [0.717, 1.165) is 18.5 Å². The summed E-state index contributed by atoms with van der Waals surface area (Å²) in [7, 11) is 0. The zero-order chi connectivity index (χ0) is 5.70. The SMILES string of the molecule is CC/C(C)=N\C=N. The number of nitrogens with one attached hydrogen (secondary N) is 1. The van der Waals surface area contributed by atoms with Crippen LogP contribution in [0.15, 0.2) is 4.99 Å². The second kappa shape index (κ2) is 3.53. The normalized spacial score (nSPS) is 11.4. The van der Waals surface area contributed by atoms with Crippen molar-refractivity contribution in [2.45, 2.75) is 20.3 Å². The topological polar surface area (TPSA) is 36.2 Å². The monoisotopic (exact) mass is 98.1 g/mol. The van der Waals surface area contributed by atoms with Crippen LogP contribution in [-0.4, -0.2) is 12.1 Å².